The summed E-state index contributed by atoms with van der Waals surface area (Å²) in [4.78, 5) is 17.5. The molecule has 0 saturated carbocycles. The fourth-order valence-corrected chi connectivity index (χ4v) is 3.86. The smallest absolute Gasteiger partial charge is 0.354 e. The molecular formula is C14H20F3N5OS. The van der Waals surface area contributed by atoms with Crippen LogP contribution in [0.1, 0.15) is 31.5 Å². The monoisotopic (exact) mass is 363 g/mol. The van der Waals surface area contributed by atoms with Gasteiger partial charge >= 0.3 is 6.18 Å². The number of carbonyl (C=O) groups excluding carboxylic acids is 1. The molecule has 24 heavy (non-hydrogen) atoms. The third-order valence-electron chi connectivity index (χ3n) is 4.40. The molecule has 0 spiro atoms. The normalized spacial score (nSPS) is 25.0. The maximum absolute atomic E-state index is 12.6. The van der Waals surface area contributed by atoms with Crippen LogP contribution in [0.3, 0.4) is 0 Å². The van der Waals surface area contributed by atoms with E-state index in [1.54, 1.807) is 0 Å². The summed E-state index contributed by atoms with van der Waals surface area (Å²) in [6, 6.07) is -0.109. The van der Waals surface area contributed by atoms with Gasteiger partial charge in [-0.05, 0) is 38.1 Å². The van der Waals surface area contributed by atoms with Gasteiger partial charge in [0.05, 0.1) is 6.04 Å². The Hall–Kier alpha value is -1.42. The molecule has 2 atom stereocenters. The molecule has 0 radical (unpaired) electrons. The van der Waals surface area contributed by atoms with Crippen molar-refractivity contribution in [2.75, 3.05) is 31.1 Å². The van der Waals surface area contributed by atoms with Crippen molar-refractivity contribution in [3.8, 4) is 0 Å². The number of rotatable bonds is 4. The molecular weight excluding hydrogens is 343 g/mol. The Morgan fingerprint density at radius 1 is 1.38 bits per heavy atom. The molecule has 2 fully saturated rings. The molecule has 6 nitrogen and oxygen atoms in total. The largest absolute Gasteiger partial charge is 0.452 e. The Bertz CT molecular complexity index is 573. The van der Waals surface area contributed by atoms with Crippen LogP contribution in [0.25, 0.3) is 0 Å². The SMILES string of the molecule is O=C(NCC1CCCN(c2nc(C(F)(F)F)ns2)C1)C1CCCN1. The van der Waals surface area contributed by atoms with E-state index in [-0.39, 0.29) is 17.9 Å². The molecule has 3 heterocycles. The lowest BCUT2D eigenvalue weighted by Gasteiger charge is -2.32. The van der Waals surface area contributed by atoms with Crippen molar-refractivity contribution in [3.63, 3.8) is 0 Å². The minimum Gasteiger partial charge on any atom is -0.354 e. The molecule has 2 unspecified atom stereocenters. The number of hydrogen-bond donors (Lipinski definition) is 2. The van der Waals surface area contributed by atoms with Crippen LogP contribution in [0.2, 0.25) is 0 Å². The number of nitrogens with one attached hydrogen (secondary N) is 2. The summed E-state index contributed by atoms with van der Waals surface area (Å²) in [5.74, 6) is -0.854. The highest BCUT2D eigenvalue weighted by molar-refractivity contribution is 7.09. The Morgan fingerprint density at radius 3 is 2.88 bits per heavy atom. The first kappa shape index (κ1) is 17.4. The zero-order valence-corrected chi connectivity index (χ0v) is 13.9. The van der Waals surface area contributed by atoms with E-state index < -0.39 is 12.0 Å². The summed E-state index contributed by atoms with van der Waals surface area (Å²) < 4.78 is 41.2. The number of halogens is 3. The molecule has 2 aliphatic heterocycles. The molecule has 1 aromatic heterocycles. The lowest BCUT2D eigenvalue weighted by molar-refractivity contribution is -0.144. The van der Waals surface area contributed by atoms with E-state index in [1.807, 2.05) is 4.90 Å². The van der Waals surface area contributed by atoms with Crippen LogP contribution in [-0.2, 0) is 11.0 Å². The molecule has 2 aliphatic rings. The van der Waals surface area contributed by atoms with Crippen LogP contribution in [0.4, 0.5) is 18.3 Å². The first-order valence-corrected chi connectivity index (χ1v) is 8.88. The van der Waals surface area contributed by atoms with Crippen molar-refractivity contribution in [2.24, 2.45) is 5.92 Å². The molecule has 0 bridgehead atoms. The Kier molecular flexibility index (Phi) is 5.24. The zero-order chi connectivity index (χ0) is 17.2. The second-order valence-corrected chi connectivity index (χ2v) is 6.98. The van der Waals surface area contributed by atoms with Crippen LogP contribution >= 0.6 is 11.5 Å². The summed E-state index contributed by atoms with van der Waals surface area (Å²) in [7, 11) is 0. The summed E-state index contributed by atoms with van der Waals surface area (Å²) in [5.41, 5.74) is 0. The molecule has 134 valence electrons. The van der Waals surface area contributed by atoms with E-state index >= 15 is 0 Å². The molecule has 10 heteroatoms. The summed E-state index contributed by atoms with van der Waals surface area (Å²) in [6.07, 6.45) is -0.837. The average molecular weight is 363 g/mol. The number of nitrogens with zero attached hydrogens (tertiary/aromatic N) is 3. The molecule has 2 saturated heterocycles. The van der Waals surface area contributed by atoms with Crippen molar-refractivity contribution in [1.82, 2.24) is 20.0 Å². The van der Waals surface area contributed by atoms with Crippen molar-refractivity contribution >= 4 is 22.6 Å². The van der Waals surface area contributed by atoms with Gasteiger partial charge in [0.15, 0.2) is 0 Å². The van der Waals surface area contributed by atoms with Crippen LogP contribution in [0.15, 0.2) is 0 Å². The quantitative estimate of drug-likeness (QED) is 0.851. The van der Waals surface area contributed by atoms with E-state index in [0.29, 0.717) is 24.8 Å². The Balaban J connectivity index is 1.52. The average Bonchev–Trinajstić information content (AvgIpc) is 3.23. The van der Waals surface area contributed by atoms with Gasteiger partial charge in [0, 0.05) is 31.2 Å². The summed E-state index contributed by atoms with van der Waals surface area (Å²) in [5, 5.41) is 6.41. The fourth-order valence-electron chi connectivity index (χ4n) is 3.14. The Morgan fingerprint density at radius 2 is 2.21 bits per heavy atom. The molecule has 3 rings (SSSR count). The number of anilines is 1. The van der Waals surface area contributed by atoms with Crippen molar-refractivity contribution in [1.29, 1.82) is 0 Å². The van der Waals surface area contributed by atoms with Crippen molar-refractivity contribution < 1.29 is 18.0 Å². The van der Waals surface area contributed by atoms with Crippen molar-refractivity contribution in [2.45, 2.75) is 37.9 Å². The lowest BCUT2D eigenvalue weighted by atomic mass is 9.98. The second kappa shape index (κ2) is 7.22. The predicted molar refractivity (Wildman–Crippen MR) is 83.9 cm³/mol. The number of carbonyl (C=O) groups is 1. The highest BCUT2D eigenvalue weighted by atomic mass is 32.1. The van der Waals surface area contributed by atoms with Gasteiger partial charge in [-0.1, -0.05) is 0 Å². The number of hydrogen-bond acceptors (Lipinski definition) is 6. The van der Waals surface area contributed by atoms with Gasteiger partial charge in [0.25, 0.3) is 0 Å². The standard InChI is InChI=1S/C14H20F3N5OS/c15-14(16,17)12-20-13(24-21-12)22-6-2-3-9(8-22)7-19-11(23)10-4-1-5-18-10/h9-10,18H,1-8H2,(H,19,23). The van der Waals surface area contributed by atoms with Crippen LogP contribution in [0.5, 0.6) is 0 Å². The van der Waals surface area contributed by atoms with Gasteiger partial charge in [-0.15, -0.1) is 0 Å². The van der Waals surface area contributed by atoms with E-state index in [0.717, 1.165) is 43.8 Å². The van der Waals surface area contributed by atoms with E-state index in [4.69, 9.17) is 0 Å². The molecule has 2 N–H and O–H groups in total. The highest BCUT2D eigenvalue weighted by Crippen LogP contribution is 2.31. The van der Waals surface area contributed by atoms with E-state index in [2.05, 4.69) is 20.0 Å². The molecule has 1 amide bonds. The fraction of sp³-hybridized carbons (Fsp3) is 0.786. The third kappa shape index (κ3) is 4.15. The first-order chi connectivity index (χ1) is 11.4. The molecule has 0 aromatic carbocycles. The third-order valence-corrected chi connectivity index (χ3v) is 5.18. The van der Waals surface area contributed by atoms with Crippen molar-refractivity contribution in [3.05, 3.63) is 5.82 Å². The van der Waals surface area contributed by atoms with Crippen LogP contribution in [0, 0.1) is 5.92 Å². The maximum Gasteiger partial charge on any atom is 0.452 e. The number of alkyl halides is 3. The van der Waals surface area contributed by atoms with Gasteiger partial charge in [-0.2, -0.15) is 22.5 Å². The van der Waals surface area contributed by atoms with Gasteiger partial charge in [-0.3, -0.25) is 4.79 Å². The van der Waals surface area contributed by atoms with Crippen LogP contribution in [-0.4, -0.2) is 47.5 Å². The Labute approximate surface area is 142 Å². The minimum absolute atomic E-state index is 0.0138. The van der Waals surface area contributed by atoms with E-state index in [9.17, 15) is 18.0 Å². The number of amides is 1. The summed E-state index contributed by atoms with van der Waals surface area (Å²) in [6.45, 7) is 2.66. The predicted octanol–water partition coefficient (Wildman–Crippen LogP) is 1.64. The first-order valence-electron chi connectivity index (χ1n) is 8.10. The highest BCUT2D eigenvalue weighted by Gasteiger charge is 2.37. The topological polar surface area (TPSA) is 70.2 Å². The maximum atomic E-state index is 12.6. The van der Waals surface area contributed by atoms with Gasteiger partial charge < -0.3 is 15.5 Å². The zero-order valence-electron chi connectivity index (χ0n) is 13.1. The van der Waals surface area contributed by atoms with Gasteiger partial charge in [0.2, 0.25) is 16.9 Å². The second-order valence-electron chi connectivity index (χ2n) is 6.25. The summed E-state index contributed by atoms with van der Waals surface area (Å²) >= 11 is 0.777. The van der Waals surface area contributed by atoms with Gasteiger partial charge in [0.1, 0.15) is 0 Å². The lowest BCUT2D eigenvalue weighted by Crippen LogP contribution is -2.45. The van der Waals surface area contributed by atoms with E-state index in [1.165, 1.54) is 0 Å². The number of piperidine rings is 1. The minimum atomic E-state index is -4.51. The van der Waals surface area contributed by atoms with Gasteiger partial charge in [-0.25, -0.2) is 0 Å². The molecule has 1 aromatic rings. The van der Waals surface area contributed by atoms with Crippen LogP contribution < -0.4 is 15.5 Å². The number of aromatic nitrogens is 2. The molecule has 0 aliphatic carbocycles.